The molecule has 2 atom stereocenters. The molecule has 43 heavy (non-hydrogen) atoms. The number of alkyl carbamates (subject to hydrolysis) is 1. The highest BCUT2D eigenvalue weighted by Gasteiger charge is 2.36. The molecule has 0 heterocycles. The second-order valence-electron chi connectivity index (χ2n) is 11.8. The van der Waals surface area contributed by atoms with Crippen LogP contribution in [0.4, 0.5) is 10.5 Å². The summed E-state index contributed by atoms with van der Waals surface area (Å²) in [5, 5.41) is 16.4. The van der Waals surface area contributed by atoms with Gasteiger partial charge in [-0.25, -0.2) is 4.79 Å². The molecule has 0 aliphatic carbocycles. The number of rotatable bonds is 15. The van der Waals surface area contributed by atoms with Crippen molar-refractivity contribution >= 4 is 47.0 Å². The number of phenolic OH excluding ortho intramolecular Hbond substituents is 1. The number of aromatic hydroxyl groups is 1. The van der Waals surface area contributed by atoms with E-state index in [2.05, 4.69) is 17.6 Å². The van der Waals surface area contributed by atoms with E-state index in [1.54, 1.807) is 68.6 Å². The molecule has 0 spiro atoms. The zero-order valence-electron chi connectivity index (χ0n) is 26.6. The molecule has 3 N–H and O–H groups in total. The largest absolute Gasteiger partial charge is 0.508 e. The Labute approximate surface area is 266 Å². The molecule has 0 aliphatic rings. The number of aryl methyl sites for hydroxylation is 2. The van der Waals surface area contributed by atoms with Crippen LogP contribution in [0.2, 0.25) is 5.02 Å². The summed E-state index contributed by atoms with van der Waals surface area (Å²) in [5.74, 6) is -0.113. The molecule has 2 aromatic rings. The molecular weight excluding hydrogens is 586 g/mol. The molecule has 0 bridgehead atoms. The number of anilines is 1. The van der Waals surface area contributed by atoms with Gasteiger partial charge in [-0.1, -0.05) is 62.4 Å². The second kappa shape index (κ2) is 17.4. The van der Waals surface area contributed by atoms with Gasteiger partial charge in [0.1, 0.15) is 23.4 Å². The highest BCUT2D eigenvalue weighted by Crippen LogP contribution is 2.31. The third kappa shape index (κ3) is 11.6. The Morgan fingerprint density at radius 2 is 1.74 bits per heavy atom. The van der Waals surface area contributed by atoms with Crippen molar-refractivity contribution in [2.45, 2.75) is 97.8 Å². The number of nitrogens with one attached hydrogen (secondary N) is 2. The van der Waals surface area contributed by atoms with Crippen LogP contribution in [-0.2, 0) is 14.3 Å². The summed E-state index contributed by atoms with van der Waals surface area (Å²) in [7, 11) is 0. The van der Waals surface area contributed by atoms with E-state index in [1.807, 2.05) is 19.2 Å². The second-order valence-corrected chi connectivity index (χ2v) is 13.2. The van der Waals surface area contributed by atoms with Crippen molar-refractivity contribution in [1.82, 2.24) is 10.2 Å². The molecule has 0 saturated carbocycles. The van der Waals surface area contributed by atoms with Gasteiger partial charge in [0.25, 0.3) is 5.91 Å². The number of hydrogen-bond donors (Lipinski definition) is 3. The number of nitrogens with zero attached hydrogens (tertiary/aromatic N) is 1. The summed E-state index contributed by atoms with van der Waals surface area (Å²) in [6, 6.07) is 8.29. The first-order valence-electron chi connectivity index (χ1n) is 14.9. The van der Waals surface area contributed by atoms with Crippen molar-refractivity contribution in [3.63, 3.8) is 0 Å². The lowest BCUT2D eigenvalue weighted by molar-refractivity contribution is -0.141. The predicted molar refractivity (Wildman–Crippen MR) is 177 cm³/mol. The van der Waals surface area contributed by atoms with Gasteiger partial charge < -0.3 is 25.4 Å². The van der Waals surface area contributed by atoms with Crippen molar-refractivity contribution in [2.75, 3.05) is 23.9 Å². The first kappa shape index (κ1) is 36.3. The maximum atomic E-state index is 14.4. The third-order valence-electron chi connectivity index (χ3n) is 6.95. The molecular formula is C33H48ClN3O5S. The summed E-state index contributed by atoms with van der Waals surface area (Å²) in [5.41, 5.74) is 1.62. The number of carbonyl (C=O) groups is 3. The van der Waals surface area contributed by atoms with Crippen molar-refractivity contribution in [1.29, 1.82) is 0 Å². The van der Waals surface area contributed by atoms with E-state index < -0.39 is 29.7 Å². The van der Waals surface area contributed by atoms with Crippen LogP contribution in [0.15, 0.2) is 36.4 Å². The van der Waals surface area contributed by atoms with E-state index in [9.17, 15) is 19.5 Å². The van der Waals surface area contributed by atoms with Crippen LogP contribution in [0.25, 0.3) is 0 Å². The highest BCUT2D eigenvalue weighted by molar-refractivity contribution is 7.98. The number of halogens is 1. The number of hydrogen-bond acceptors (Lipinski definition) is 6. The molecule has 10 heteroatoms. The third-order valence-corrected chi connectivity index (χ3v) is 7.91. The fourth-order valence-corrected chi connectivity index (χ4v) is 5.44. The fourth-order valence-electron chi connectivity index (χ4n) is 4.70. The van der Waals surface area contributed by atoms with Crippen molar-refractivity contribution in [2.24, 2.45) is 0 Å². The van der Waals surface area contributed by atoms with E-state index in [1.165, 1.54) is 6.07 Å². The summed E-state index contributed by atoms with van der Waals surface area (Å²) >= 11 is 8.03. The summed E-state index contributed by atoms with van der Waals surface area (Å²) < 4.78 is 5.48. The summed E-state index contributed by atoms with van der Waals surface area (Å²) in [4.78, 5) is 43.0. The van der Waals surface area contributed by atoms with Crippen LogP contribution in [0, 0.1) is 13.8 Å². The maximum absolute atomic E-state index is 14.4. The number of para-hydroxylation sites is 1. The Kier molecular flexibility index (Phi) is 14.7. The molecule has 0 fully saturated rings. The molecule has 2 aromatic carbocycles. The molecule has 0 radical (unpaired) electrons. The van der Waals surface area contributed by atoms with Gasteiger partial charge in [-0.05, 0) is 94.4 Å². The minimum absolute atomic E-state index is 0.0896. The van der Waals surface area contributed by atoms with Gasteiger partial charge in [-0.3, -0.25) is 9.59 Å². The minimum Gasteiger partial charge on any atom is -0.508 e. The summed E-state index contributed by atoms with van der Waals surface area (Å²) in [6.45, 7) is 11.3. The van der Waals surface area contributed by atoms with E-state index in [0.717, 1.165) is 31.2 Å². The van der Waals surface area contributed by atoms with Gasteiger partial charge in [0.15, 0.2) is 0 Å². The average molecular weight is 634 g/mol. The number of thioether (sulfide) groups is 1. The Bertz CT molecular complexity index is 1210. The molecule has 0 aromatic heterocycles. The monoisotopic (exact) mass is 633 g/mol. The lowest BCUT2D eigenvalue weighted by Gasteiger charge is -2.35. The number of amides is 3. The Morgan fingerprint density at radius 3 is 2.35 bits per heavy atom. The molecule has 2 unspecified atom stereocenters. The van der Waals surface area contributed by atoms with E-state index in [-0.39, 0.29) is 11.7 Å². The highest BCUT2D eigenvalue weighted by atomic mass is 35.5. The van der Waals surface area contributed by atoms with Crippen LogP contribution in [-0.4, -0.2) is 58.1 Å². The fraction of sp³-hybridized carbons (Fsp3) is 0.545. The summed E-state index contributed by atoms with van der Waals surface area (Å²) in [6.07, 6.45) is 6.34. The lowest BCUT2D eigenvalue weighted by atomic mass is 9.99. The normalized spacial score (nSPS) is 12.7. The first-order chi connectivity index (χ1) is 20.3. The van der Waals surface area contributed by atoms with Crippen LogP contribution in [0.1, 0.15) is 89.0 Å². The van der Waals surface area contributed by atoms with Crippen molar-refractivity contribution < 1.29 is 24.2 Å². The quantitative estimate of drug-likeness (QED) is 0.173. The number of ether oxygens (including phenoxy) is 1. The Hall–Kier alpha value is -2.91. The van der Waals surface area contributed by atoms with Gasteiger partial charge in [0.2, 0.25) is 5.91 Å². The van der Waals surface area contributed by atoms with Gasteiger partial charge in [-0.2, -0.15) is 11.8 Å². The average Bonchev–Trinajstić information content (AvgIpc) is 2.92. The van der Waals surface area contributed by atoms with Gasteiger partial charge >= 0.3 is 6.09 Å². The number of unbranched alkanes of at least 4 members (excludes halogenated alkanes) is 4. The minimum atomic E-state index is -1.05. The number of benzene rings is 2. The topological polar surface area (TPSA) is 108 Å². The van der Waals surface area contributed by atoms with Crippen molar-refractivity contribution in [3.05, 3.63) is 58.1 Å². The first-order valence-corrected chi connectivity index (χ1v) is 16.7. The molecule has 8 nitrogen and oxygen atoms in total. The Balaban J connectivity index is 2.60. The van der Waals surface area contributed by atoms with Crippen LogP contribution < -0.4 is 10.6 Å². The van der Waals surface area contributed by atoms with E-state index in [0.29, 0.717) is 47.0 Å². The zero-order valence-corrected chi connectivity index (χ0v) is 28.2. The van der Waals surface area contributed by atoms with Crippen LogP contribution in [0.3, 0.4) is 0 Å². The molecule has 0 aliphatic heterocycles. The van der Waals surface area contributed by atoms with Crippen molar-refractivity contribution in [3.8, 4) is 5.75 Å². The Morgan fingerprint density at radius 1 is 1.05 bits per heavy atom. The molecule has 0 saturated heterocycles. The number of phenols is 1. The zero-order chi connectivity index (χ0) is 32.2. The molecule has 2 rings (SSSR count). The number of carbonyl (C=O) groups excluding carboxylic acids is 3. The van der Waals surface area contributed by atoms with Crippen LogP contribution in [0.5, 0.6) is 5.75 Å². The molecule has 238 valence electrons. The van der Waals surface area contributed by atoms with Crippen LogP contribution >= 0.6 is 23.4 Å². The van der Waals surface area contributed by atoms with E-state index in [4.69, 9.17) is 16.3 Å². The smallest absolute Gasteiger partial charge is 0.408 e. The van der Waals surface area contributed by atoms with Gasteiger partial charge in [0.05, 0.1) is 10.7 Å². The van der Waals surface area contributed by atoms with E-state index >= 15 is 0 Å². The lowest BCUT2D eigenvalue weighted by Crippen LogP contribution is -2.52. The SMILES string of the molecule is CCCCCCCN(C(=O)C(CCSC)NC(=O)OC(C)(C)C)C(C(=O)Nc1c(C)cccc1Cl)c1ccc(O)c(C)c1. The standard InChI is InChI=1S/C33H48ClN3O5S/c1-8-9-10-11-12-19-37(31(40)26(18-20-43-7)35-32(41)42-33(4,5)6)29(24-16-17-27(38)23(3)21-24)30(39)36-28-22(2)14-13-15-25(28)34/h13-17,21,26,29,38H,8-12,18-20H2,1-7H3,(H,35,41)(H,36,39). The maximum Gasteiger partial charge on any atom is 0.408 e. The van der Waals surface area contributed by atoms with Gasteiger partial charge in [-0.15, -0.1) is 0 Å². The molecule has 3 amide bonds. The predicted octanol–water partition coefficient (Wildman–Crippen LogP) is 7.79. The van der Waals surface area contributed by atoms with Gasteiger partial charge in [0, 0.05) is 6.54 Å².